The highest BCUT2D eigenvalue weighted by molar-refractivity contribution is 5.91. The average molecular weight is 517 g/mol. The maximum absolute atomic E-state index is 13.7. The van der Waals surface area contributed by atoms with Gasteiger partial charge in [0.1, 0.15) is 6.04 Å². The van der Waals surface area contributed by atoms with Gasteiger partial charge in [-0.25, -0.2) is 0 Å². The van der Waals surface area contributed by atoms with Gasteiger partial charge in [-0.1, -0.05) is 86.7 Å². The van der Waals surface area contributed by atoms with E-state index in [0.29, 0.717) is 25.4 Å². The van der Waals surface area contributed by atoms with Gasteiger partial charge in [-0.2, -0.15) is 0 Å². The number of allylic oxidation sites excluding steroid dienone is 2. The maximum atomic E-state index is 13.7. The highest BCUT2D eigenvalue weighted by Crippen LogP contribution is 2.30. The van der Waals surface area contributed by atoms with Gasteiger partial charge in [-0.05, 0) is 62.3 Å². The summed E-state index contributed by atoms with van der Waals surface area (Å²) in [5.41, 5.74) is 11.1. The van der Waals surface area contributed by atoms with E-state index in [1.165, 1.54) is 11.3 Å². The second-order valence-corrected chi connectivity index (χ2v) is 10.2. The number of hydrogen-bond donors (Lipinski definition) is 3. The van der Waals surface area contributed by atoms with Crippen LogP contribution in [-0.4, -0.2) is 41.9 Å². The number of benzene rings is 2. The maximum Gasteiger partial charge on any atom is 0.242 e. The Hall–Kier alpha value is -3.38. The Bertz CT molecular complexity index is 1040. The molecule has 6 heteroatoms. The Morgan fingerprint density at radius 2 is 1.71 bits per heavy atom. The number of carbonyl (C=O) groups excluding carboxylic acids is 2. The van der Waals surface area contributed by atoms with E-state index in [0.717, 1.165) is 36.8 Å². The number of nitrogens with two attached hydrogens (primary N) is 1. The van der Waals surface area contributed by atoms with Crippen molar-refractivity contribution >= 4 is 11.8 Å². The molecule has 6 nitrogen and oxygen atoms in total. The van der Waals surface area contributed by atoms with Gasteiger partial charge in [0.25, 0.3) is 0 Å². The van der Waals surface area contributed by atoms with Crippen LogP contribution in [0, 0.1) is 5.92 Å². The standard InChI is InChI=1S/C32H44N4O2/c1-5-23(3)24(4)27(34-6-2)19-13-21-35-31(37)28-20-14-22-36(28)32(38)30(33)29(25-15-9-7-10-16-25)26-17-11-8-12-18-26/h6-12,15-18,23,28-30,34H,2,5,13-14,19-22,33H2,1,3-4H3,(H,35,37)/b27-24-/t23?,28?,30-/m1/s1. The van der Waals surface area contributed by atoms with E-state index in [2.05, 4.69) is 38.0 Å². The minimum absolute atomic E-state index is 0.0973. The Balaban J connectivity index is 1.65. The summed E-state index contributed by atoms with van der Waals surface area (Å²) >= 11 is 0. The largest absolute Gasteiger partial charge is 0.366 e. The highest BCUT2D eigenvalue weighted by atomic mass is 16.2. The normalized spacial score (nSPS) is 17.5. The van der Waals surface area contributed by atoms with E-state index < -0.39 is 12.1 Å². The van der Waals surface area contributed by atoms with Crippen LogP contribution in [0.5, 0.6) is 0 Å². The van der Waals surface area contributed by atoms with E-state index >= 15 is 0 Å². The Labute approximate surface area is 228 Å². The fraction of sp³-hybridized carbons (Fsp3) is 0.438. The molecule has 2 aromatic carbocycles. The SMILES string of the molecule is C=CN/C(CCCNC(=O)C1CCCN1C(=O)[C@H](N)C(c1ccccc1)c1ccccc1)=C(/C)C(C)CC. The quantitative estimate of drug-likeness (QED) is 0.324. The molecule has 3 atom stereocenters. The number of rotatable bonds is 13. The van der Waals surface area contributed by atoms with Gasteiger partial charge in [0.15, 0.2) is 0 Å². The Morgan fingerprint density at radius 3 is 2.26 bits per heavy atom. The molecule has 1 aliphatic rings. The van der Waals surface area contributed by atoms with E-state index in [4.69, 9.17) is 5.73 Å². The van der Waals surface area contributed by atoms with Crippen molar-refractivity contribution < 1.29 is 9.59 Å². The molecule has 2 unspecified atom stereocenters. The molecule has 1 aliphatic heterocycles. The third kappa shape index (κ3) is 7.35. The number of nitrogens with zero attached hydrogens (tertiary/aromatic N) is 1. The summed E-state index contributed by atoms with van der Waals surface area (Å²) < 4.78 is 0. The van der Waals surface area contributed by atoms with Crippen LogP contribution >= 0.6 is 0 Å². The van der Waals surface area contributed by atoms with Crippen LogP contribution in [-0.2, 0) is 9.59 Å². The number of carbonyl (C=O) groups is 2. The van der Waals surface area contributed by atoms with Crippen molar-refractivity contribution in [3.05, 3.63) is 95.8 Å². The topological polar surface area (TPSA) is 87.5 Å². The molecule has 0 bridgehead atoms. The molecule has 0 radical (unpaired) electrons. The minimum atomic E-state index is -0.783. The summed E-state index contributed by atoms with van der Waals surface area (Å²) in [6.07, 6.45) is 5.87. The molecule has 2 aromatic rings. The number of hydrogen-bond acceptors (Lipinski definition) is 4. The predicted molar refractivity (Wildman–Crippen MR) is 155 cm³/mol. The number of likely N-dealkylation sites (tertiary alicyclic amines) is 1. The summed E-state index contributed by atoms with van der Waals surface area (Å²) in [5.74, 6) is -0.0692. The lowest BCUT2D eigenvalue weighted by Gasteiger charge is -2.31. The van der Waals surface area contributed by atoms with E-state index in [9.17, 15) is 9.59 Å². The summed E-state index contributed by atoms with van der Waals surface area (Å²) in [5, 5.41) is 6.35. The summed E-state index contributed by atoms with van der Waals surface area (Å²) in [4.78, 5) is 28.6. The molecule has 4 N–H and O–H groups in total. The average Bonchev–Trinajstić information content (AvgIpc) is 3.45. The summed E-state index contributed by atoms with van der Waals surface area (Å²) in [6.45, 7) is 11.5. The third-order valence-electron chi connectivity index (χ3n) is 7.81. The molecular weight excluding hydrogens is 472 g/mol. The van der Waals surface area contributed by atoms with Gasteiger partial charge in [0, 0.05) is 24.7 Å². The second-order valence-electron chi connectivity index (χ2n) is 10.2. The monoisotopic (exact) mass is 516 g/mol. The Morgan fingerprint density at radius 1 is 1.11 bits per heavy atom. The zero-order valence-electron chi connectivity index (χ0n) is 23.2. The second kappa shape index (κ2) is 14.5. The summed E-state index contributed by atoms with van der Waals surface area (Å²) in [6, 6.07) is 18.5. The molecule has 1 saturated heterocycles. The van der Waals surface area contributed by atoms with E-state index in [-0.39, 0.29) is 17.7 Å². The molecule has 1 heterocycles. The summed E-state index contributed by atoms with van der Waals surface area (Å²) in [7, 11) is 0. The van der Waals surface area contributed by atoms with E-state index in [1.807, 2.05) is 60.7 Å². The van der Waals surface area contributed by atoms with Gasteiger partial charge in [-0.15, -0.1) is 0 Å². The van der Waals surface area contributed by atoms with Gasteiger partial charge >= 0.3 is 0 Å². The minimum Gasteiger partial charge on any atom is -0.366 e. The third-order valence-corrected chi connectivity index (χ3v) is 7.81. The first kappa shape index (κ1) is 29.2. The van der Waals surface area contributed by atoms with Crippen LogP contribution in [0.1, 0.15) is 69.9 Å². The Kier molecular flexibility index (Phi) is 11.2. The van der Waals surface area contributed by atoms with Crippen molar-refractivity contribution in [1.82, 2.24) is 15.5 Å². The van der Waals surface area contributed by atoms with Crippen molar-refractivity contribution in [1.29, 1.82) is 0 Å². The molecule has 3 rings (SSSR count). The van der Waals surface area contributed by atoms with Gasteiger partial charge < -0.3 is 21.3 Å². The number of amides is 2. The fourth-order valence-corrected chi connectivity index (χ4v) is 5.27. The first-order chi connectivity index (χ1) is 18.4. The molecule has 0 aromatic heterocycles. The van der Waals surface area contributed by atoms with Crippen molar-refractivity contribution in [3.8, 4) is 0 Å². The zero-order valence-corrected chi connectivity index (χ0v) is 23.2. The molecule has 204 valence electrons. The molecule has 0 spiro atoms. The lowest BCUT2D eigenvalue weighted by atomic mass is 9.84. The zero-order chi connectivity index (χ0) is 27.5. The van der Waals surface area contributed by atoms with Gasteiger partial charge in [-0.3, -0.25) is 9.59 Å². The number of nitrogens with one attached hydrogen (secondary N) is 2. The fourth-order valence-electron chi connectivity index (χ4n) is 5.27. The van der Waals surface area contributed by atoms with Gasteiger partial charge in [0.05, 0.1) is 6.04 Å². The lowest BCUT2D eigenvalue weighted by molar-refractivity contribution is -0.139. The molecule has 2 amide bonds. The highest BCUT2D eigenvalue weighted by Gasteiger charge is 2.39. The molecule has 0 aliphatic carbocycles. The van der Waals surface area contributed by atoms with Crippen LogP contribution in [0.3, 0.4) is 0 Å². The molecular formula is C32H44N4O2. The molecule has 0 saturated carbocycles. The van der Waals surface area contributed by atoms with Crippen molar-refractivity contribution in [2.45, 2.75) is 70.9 Å². The van der Waals surface area contributed by atoms with Crippen LogP contribution in [0.25, 0.3) is 0 Å². The van der Waals surface area contributed by atoms with E-state index in [1.54, 1.807) is 11.1 Å². The van der Waals surface area contributed by atoms with Gasteiger partial charge in [0.2, 0.25) is 11.8 Å². The van der Waals surface area contributed by atoms with Crippen LogP contribution in [0.4, 0.5) is 0 Å². The van der Waals surface area contributed by atoms with Crippen molar-refractivity contribution in [2.75, 3.05) is 13.1 Å². The van der Waals surface area contributed by atoms with Crippen LogP contribution < -0.4 is 16.4 Å². The van der Waals surface area contributed by atoms with Crippen molar-refractivity contribution in [3.63, 3.8) is 0 Å². The van der Waals surface area contributed by atoms with Crippen LogP contribution in [0.15, 0.2) is 84.7 Å². The lowest BCUT2D eigenvalue weighted by Crippen LogP contribution is -2.53. The van der Waals surface area contributed by atoms with Crippen molar-refractivity contribution in [2.24, 2.45) is 11.7 Å². The first-order valence-electron chi connectivity index (χ1n) is 13.9. The first-order valence-corrected chi connectivity index (χ1v) is 13.9. The van der Waals surface area contributed by atoms with Crippen LogP contribution in [0.2, 0.25) is 0 Å². The molecule has 38 heavy (non-hydrogen) atoms. The smallest absolute Gasteiger partial charge is 0.242 e. The predicted octanol–water partition coefficient (Wildman–Crippen LogP) is 5.09. The molecule has 1 fully saturated rings.